The van der Waals surface area contributed by atoms with Gasteiger partial charge in [-0.05, 0) is 57.8 Å². The molecule has 9 heteroatoms. The maximum Gasteiger partial charge on any atom is 0.312 e. The Hall–Kier alpha value is -2.52. The van der Waals surface area contributed by atoms with Crippen LogP contribution in [0.5, 0.6) is 5.75 Å². The minimum Gasteiger partial charge on any atom is -0.489 e. The van der Waals surface area contributed by atoms with Crippen molar-refractivity contribution >= 4 is 51.0 Å². The van der Waals surface area contributed by atoms with E-state index in [1.54, 1.807) is 12.1 Å². The maximum absolute atomic E-state index is 12.3. The highest BCUT2D eigenvalue weighted by molar-refractivity contribution is 9.10. The zero-order valence-corrected chi connectivity index (χ0v) is 17.6. The van der Waals surface area contributed by atoms with E-state index in [0.29, 0.717) is 14.9 Å². The Morgan fingerprint density at radius 1 is 1.36 bits per heavy atom. The second-order valence-electron chi connectivity index (χ2n) is 5.99. The predicted molar refractivity (Wildman–Crippen MR) is 114 cm³/mol. The highest BCUT2D eigenvalue weighted by atomic mass is 79.9. The van der Waals surface area contributed by atoms with Crippen molar-refractivity contribution in [2.75, 3.05) is 12.4 Å². The number of carbonyl (C=O) groups excluding carboxylic acids is 1. The standard InChI is InChI=1S/C19H18BrN3O4S/c1-3-11-4-6-13(7-5-11)21-19-22-18(24)16(28-19)10-12-8-14(20)17(27-2)15(9-12)23(25)26/h4-10,19,21H,3H2,1-2H3,(H,22,24)/b16-10-/t19-/m0/s1. The molecule has 7 nitrogen and oxygen atoms in total. The first-order valence-corrected chi connectivity index (χ1v) is 10.1. The summed E-state index contributed by atoms with van der Waals surface area (Å²) in [5.41, 5.74) is 2.19. The summed E-state index contributed by atoms with van der Waals surface area (Å²) in [5, 5.41) is 17.4. The molecule has 1 fully saturated rings. The van der Waals surface area contributed by atoms with Gasteiger partial charge in [0.15, 0.2) is 5.50 Å². The van der Waals surface area contributed by atoms with Gasteiger partial charge in [0, 0.05) is 11.8 Å². The number of anilines is 1. The van der Waals surface area contributed by atoms with Gasteiger partial charge in [0.25, 0.3) is 5.91 Å². The smallest absolute Gasteiger partial charge is 0.312 e. The molecule has 0 radical (unpaired) electrons. The van der Waals surface area contributed by atoms with Crippen LogP contribution < -0.4 is 15.4 Å². The molecular weight excluding hydrogens is 446 g/mol. The van der Waals surface area contributed by atoms with E-state index in [1.165, 1.54) is 30.5 Å². The molecule has 1 aliphatic rings. The van der Waals surface area contributed by atoms with Crippen LogP contribution in [0.2, 0.25) is 0 Å². The monoisotopic (exact) mass is 463 g/mol. The Kier molecular flexibility index (Phi) is 6.25. The number of hydrogen-bond acceptors (Lipinski definition) is 6. The van der Waals surface area contributed by atoms with Gasteiger partial charge in [-0.15, -0.1) is 0 Å². The van der Waals surface area contributed by atoms with Gasteiger partial charge in [0.1, 0.15) is 0 Å². The second kappa shape index (κ2) is 8.66. The van der Waals surface area contributed by atoms with Gasteiger partial charge in [-0.25, -0.2) is 0 Å². The fraction of sp³-hybridized carbons (Fsp3) is 0.211. The molecular formula is C19H18BrN3O4S. The van der Waals surface area contributed by atoms with E-state index in [-0.39, 0.29) is 22.8 Å². The van der Waals surface area contributed by atoms with E-state index in [4.69, 9.17) is 4.74 Å². The lowest BCUT2D eigenvalue weighted by Crippen LogP contribution is -2.30. The average Bonchev–Trinajstić information content (AvgIpc) is 3.00. The minimum atomic E-state index is -0.516. The van der Waals surface area contributed by atoms with Crippen molar-refractivity contribution in [1.82, 2.24) is 5.32 Å². The van der Waals surface area contributed by atoms with Crippen LogP contribution in [-0.4, -0.2) is 23.4 Å². The van der Waals surface area contributed by atoms with E-state index < -0.39 is 4.92 Å². The predicted octanol–water partition coefficient (Wildman–Crippen LogP) is 4.53. The molecule has 1 saturated heterocycles. The summed E-state index contributed by atoms with van der Waals surface area (Å²) in [7, 11) is 1.37. The maximum atomic E-state index is 12.3. The number of hydrogen-bond donors (Lipinski definition) is 2. The lowest BCUT2D eigenvalue weighted by Gasteiger charge is -2.12. The highest BCUT2D eigenvalue weighted by Crippen LogP contribution is 2.38. The fourth-order valence-electron chi connectivity index (χ4n) is 2.73. The van der Waals surface area contributed by atoms with E-state index >= 15 is 0 Å². The number of ether oxygens (including phenoxy) is 1. The van der Waals surface area contributed by atoms with Crippen molar-refractivity contribution < 1.29 is 14.5 Å². The number of methoxy groups -OCH3 is 1. The van der Waals surface area contributed by atoms with E-state index in [0.717, 1.165) is 12.1 Å². The molecule has 2 N–H and O–H groups in total. The number of nitro groups is 1. The van der Waals surface area contributed by atoms with Gasteiger partial charge in [-0.1, -0.05) is 30.8 Å². The van der Waals surface area contributed by atoms with Crippen molar-refractivity contribution in [2.45, 2.75) is 18.8 Å². The molecule has 3 rings (SSSR count). The number of nitrogens with one attached hydrogen (secondary N) is 2. The van der Waals surface area contributed by atoms with Crippen molar-refractivity contribution in [3.63, 3.8) is 0 Å². The lowest BCUT2D eigenvalue weighted by atomic mass is 10.1. The van der Waals surface area contributed by atoms with E-state index in [9.17, 15) is 14.9 Å². The summed E-state index contributed by atoms with van der Waals surface area (Å²) in [6.07, 6.45) is 2.59. The number of rotatable bonds is 6. The van der Waals surface area contributed by atoms with Gasteiger partial charge >= 0.3 is 5.69 Å². The Bertz CT molecular complexity index is 947. The normalized spacial score (nSPS) is 17.5. The van der Waals surface area contributed by atoms with Crippen LogP contribution in [0.4, 0.5) is 11.4 Å². The number of thioether (sulfide) groups is 1. The number of aryl methyl sites for hydroxylation is 1. The summed E-state index contributed by atoms with van der Waals surface area (Å²) >= 11 is 4.60. The molecule has 1 atom stereocenters. The second-order valence-corrected chi connectivity index (χ2v) is 7.99. The average molecular weight is 464 g/mol. The molecule has 0 aromatic heterocycles. The van der Waals surface area contributed by atoms with Crippen molar-refractivity contribution in [3.05, 3.63) is 67.0 Å². The lowest BCUT2D eigenvalue weighted by molar-refractivity contribution is -0.385. The third kappa shape index (κ3) is 4.48. The summed E-state index contributed by atoms with van der Waals surface area (Å²) < 4.78 is 5.53. The van der Waals surface area contributed by atoms with Crippen molar-refractivity contribution in [3.8, 4) is 5.75 Å². The van der Waals surface area contributed by atoms with Crippen LogP contribution in [0.3, 0.4) is 0 Å². The largest absolute Gasteiger partial charge is 0.489 e. The highest BCUT2D eigenvalue weighted by Gasteiger charge is 2.28. The van der Waals surface area contributed by atoms with Crippen LogP contribution >= 0.6 is 27.7 Å². The Labute approximate surface area is 174 Å². The Balaban J connectivity index is 1.79. The number of halogens is 1. The van der Waals surface area contributed by atoms with E-state index in [2.05, 4.69) is 33.5 Å². The van der Waals surface area contributed by atoms with Gasteiger partial charge in [-0.3, -0.25) is 14.9 Å². The molecule has 146 valence electrons. The summed E-state index contributed by atoms with van der Waals surface area (Å²) in [4.78, 5) is 23.5. The topological polar surface area (TPSA) is 93.5 Å². The van der Waals surface area contributed by atoms with E-state index in [1.807, 2.05) is 24.3 Å². The fourth-order valence-corrected chi connectivity index (χ4v) is 4.34. The third-order valence-electron chi connectivity index (χ3n) is 4.14. The molecule has 1 aliphatic heterocycles. The summed E-state index contributed by atoms with van der Waals surface area (Å²) in [5.74, 6) is -0.0898. The molecule has 0 spiro atoms. The molecule has 1 amide bonds. The van der Waals surface area contributed by atoms with Crippen molar-refractivity contribution in [2.24, 2.45) is 0 Å². The first-order chi connectivity index (χ1) is 13.4. The molecule has 0 bridgehead atoms. The first-order valence-electron chi connectivity index (χ1n) is 8.48. The molecule has 0 unspecified atom stereocenters. The zero-order chi connectivity index (χ0) is 20.3. The number of benzene rings is 2. The third-order valence-corrected chi connectivity index (χ3v) is 5.75. The quantitative estimate of drug-likeness (QED) is 0.371. The summed E-state index contributed by atoms with van der Waals surface area (Å²) in [6.45, 7) is 2.09. The summed E-state index contributed by atoms with van der Waals surface area (Å²) in [6, 6.07) is 11.1. The number of carbonyl (C=O) groups is 1. The van der Waals surface area contributed by atoms with Crippen molar-refractivity contribution in [1.29, 1.82) is 0 Å². The van der Waals surface area contributed by atoms with Gasteiger partial charge < -0.3 is 15.4 Å². The number of nitrogens with zero attached hydrogens (tertiary/aromatic N) is 1. The SMILES string of the molecule is CCc1ccc(N[C@H]2NC(=O)/C(=C/c3cc(Br)c(OC)c([N+](=O)[O-])c3)S2)cc1. The minimum absolute atomic E-state index is 0.144. The molecule has 0 aliphatic carbocycles. The Morgan fingerprint density at radius 3 is 2.68 bits per heavy atom. The molecule has 0 saturated carbocycles. The molecule has 2 aromatic rings. The number of nitro benzene ring substituents is 1. The van der Waals surface area contributed by atoms with Gasteiger partial charge in [0.05, 0.1) is 21.4 Å². The number of amides is 1. The first kappa shape index (κ1) is 20.2. The van der Waals surface area contributed by atoms with Crippen LogP contribution in [0.1, 0.15) is 18.1 Å². The molecule has 1 heterocycles. The van der Waals surface area contributed by atoms with Crippen LogP contribution in [0.15, 0.2) is 45.8 Å². The zero-order valence-electron chi connectivity index (χ0n) is 15.2. The Morgan fingerprint density at radius 2 is 2.07 bits per heavy atom. The molecule has 28 heavy (non-hydrogen) atoms. The van der Waals surface area contributed by atoms with Gasteiger partial charge in [0.2, 0.25) is 5.75 Å². The van der Waals surface area contributed by atoms with Gasteiger partial charge in [-0.2, -0.15) is 0 Å². The van der Waals surface area contributed by atoms with Crippen LogP contribution in [0.25, 0.3) is 6.08 Å². The molecule has 2 aromatic carbocycles. The van der Waals surface area contributed by atoms with Crippen LogP contribution in [-0.2, 0) is 11.2 Å². The van der Waals surface area contributed by atoms with Crippen LogP contribution in [0, 0.1) is 10.1 Å².